The summed E-state index contributed by atoms with van der Waals surface area (Å²) in [5.74, 6) is -0.347. The van der Waals surface area contributed by atoms with Crippen LogP contribution >= 0.6 is 0 Å². The van der Waals surface area contributed by atoms with Crippen LogP contribution in [0.3, 0.4) is 0 Å². The third-order valence-electron chi connectivity index (χ3n) is 3.26. The van der Waals surface area contributed by atoms with E-state index in [1.807, 2.05) is 13.0 Å². The van der Waals surface area contributed by atoms with E-state index in [0.717, 1.165) is 5.69 Å². The summed E-state index contributed by atoms with van der Waals surface area (Å²) in [5, 5.41) is 6.88. The van der Waals surface area contributed by atoms with Gasteiger partial charge in [0.2, 0.25) is 0 Å². The molecule has 0 spiro atoms. The maximum atomic E-state index is 12.4. The highest BCUT2D eigenvalue weighted by Crippen LogP contribution is 2.29. The lowest BCUT2D eigenvalue weighted by Crippen LogP contribution is -2.24. The van der Waals surface area contributed by atoms with E-state index in [9.17, 15) is 13.6 Å². The SMILES string of the molecule is CCOc1cc(C(=O)NCc2ccnn2CC)ccc1OC(F)F. The molecule has 0 unspecified atom stereocenters. The summed E-state index contributed by atoms with van der Waals surface area (Å²) in [6.45, 7) is 1.98. The number of ether oxygens (including phenoxy) is 2. The van der Waals surface area contributed by atoms with Gasteiger partial charge in [-0.15, -0.1) is 0 Å². The van der Waals surface area contributed by atoms with Gasteiger partial charge in [-0.3, -0.25) is 9.48 Å². The molecule has 0 aliphatic rings. The zero-order valence-corrected chi connectivity index (χ0v) is 13.5. The summed E-state index contributed by atoms with van der Waals surface area (Å²) in [6.07, 6.45) is 1.66. The van der Waals surface area contributed by atoms with Crippen molar-refractivity contribution in [3.05, 3.63) is 41.7 Å². The fourth-order valence-electron chi connectivity index (χ4n) is 2.18. The molecule has 2 rings (SSSR count). The van der Waals surface area contributed by atoms with Crippen LogP contribution in [0.4, 0.5) is 8.78 Å². The highest BCUT2D eigenvalue weighted by molar-refractivity contribution is 5.94. The Kier molecular flexibility index (Phi) is 6.11. The average molecular weight is 339 g/mol. The average Bonchev–Trinajstić information content (AvgIpc) is 3.01. The molecule has 1 N–H and O–H groups in total. The first-order valence-electron chi connectivity index (χ1n) is 7.55. The maximum Gasteiger partial charge on any atom is 0.387 e. The van der Waals surface area contributed by atoms with Gasteiger partial charge in [0.1, 0.15) is 0 Å². The number of carbonyl (C=O) groups excluding carboxylic acids is 1. The van der Waals surface area contributed by atoms with Crippen LogP contribution in [0.15, 0.2) is 30.5 Å². The first kappa shape index (κ1) is 17.7. The van der Waals surface area contributed by atoms with Crippen LogP contribution in [0.2, 0.25) is 0 Å². The molecule has 0 aliphatic heterocycles. The number of rotatable bonds is 8. The van der Waals surface area contributed by atoms with E-state index in [2.05, 4.69) is 15.2 Å². The number of aryl methyl sites for hydroxylation is 1. The molecule has 2 aromatic rings. The van der Waals surface area contributed by atoms with E-state index < -0.39 is 6.61 Å². The third-order valence-corrected chi connectivity index (χ3v) is 3.26. The van der Waals surface area contributed by atoms with E-state index >= 15 is 0 Å². The molecule has 24 heavy (non-hydrogen) atoms. The van der Waals surface area contributed by atoms with E-state index in [4.69, 9.17) is 4.74 Å². The molecule has 1 amide bonds. The predicted octanol–water partition coefficient (Wildman–Crippen LogP) is 2.83. The summed E-state index contributed by atoms with van der Waals surface area (Å²) < 4.78 is 36.2. The number of nitrogens with one attached hydrogen (secondary N) is 1. The Hall–Kier alpha value is -2.64. The van der Waals surface area contributed by atoms with Gasteiger partial charge in [-0.2, -0.15) is 13.9 Å². The van der Waals surface area contributed by atoms with Crippen LogP contribution in [0.25, 0.3) is 0 Å². The summed E-state index contributed by atoms with van der Waals surface area (Å²) in [7, 11) is 0. The number of benzene rings is 1. The van der Waals surface area contributed by atoms with E-state index in [1.54, 1.807) is 17.8 Å². The Bertz CT molecular complexity index is 689. The number of amides is 1. The second kappa shape index (κ2) is 8.28. The number of halogens is 2. The topological polar surface area (TPSA) is 65.4 Å². The van der Waals surface area contributed by atoms with E-state index in [1.165, 1.54) is 18.2 Å². The molecule has 0 atom stereocenters. The van der Waals surface area contributed by atoms with Crippen LogP contribution < -0.4 is 14.8 Å². The van der Waals surface area contributed by atoms with Gasteiger partial charge in [0.05, 0.1) is 18.8 Å². The normalized spacial score (nSPS) is 10.7. The fourth-order valence-corrected chi connectivity index (χ4v) is 2.18. The first-order chi connectivity index (χ1) is 11.5. The first-order valence-corrected chi connectivity index (χ1v) is 7.55. The summed E-state index contributed by atoms with van der Waals surface area (Å²) >= 11 is 0. The van der Waals surface area contributed by atoms with Gasteiger partial charge in [-0.1, -0.05) is 0 Å². The van der Waals surface area contributed by atoms with Crippen LogP contribution in [0, 0.1) is 0 Å². The molecule has 1 aromatic heterocycles. The Morgan fingerprint density at radius 1 is 1.29 bits per heavy atom. The molecule has 130 valence electrons. The van der Waals surface area contributed by atoms with E-state index in [-0.39, 0.29) is 24.0 Å². The second-order valence-electron chi connectivity index (χ2n) is 4.79. The molecule has 0 bridgehead atoms. The number of aromatic nitrogens is 2. The number of carbonyl (C=O) groups is 1. The fraction of sp³-hybridized carbons (Fsp3) is 0.375. The number of nitrogens with zero attached hydrogens (tertiary/aromatic N) is 2. The van der Waals surface area contributed by atoms with Crippen LogP contribution in [0.5, 0.6) is 11.5 Å². The molecule has 0 radical (unpaired) electrons. The van der Waals surface area contributed by atoms with Gasteiger partial charge in [0.15, 0.2) is 11.5 Å². The minimum Gasteiger partial charge on any atom is -0.490 e. The van der Waals surface area contributed by atoms with Gasteiger partial charge in [-0.05, 0) is 38.1 Å². The van der Waals surface area contributed by atoms with E-state index in [0.29, 0.717) is 18.7 Å². The van der Waals surface area contributed by atoms with Crippen molar-refractivity contribution in [2.24, 2.45) is 0 Å². The zero-order valence-electron chi connectivity index (χ0n) is 13.5. The second-order valence-corrected chi connectivity index (χ2v) is 4.79. The lowest BCUT2D eigenvalue weighted by molar-refractivity contribution is -0.0514. The Morgan fingerprint density at radius 3 is 2.75 bits per heavy atom. The van der Waals surface area contributed by atoms with Gasteiger partial charge < -0.3 is 14.8 Å². The summed E-state index contributed by atoms with van der Waals surface area (Å²) in [5.41, 5.74) is 1.16. The summed E-state index contributed by atoms with van der Waals surface area (Å²) in [6, 6.07) is 5.90. The predicted molar refractivity (Wildman–Crippen MR) is 83.3 cm³/mol. The lowest BCUT2D eigenvalue weighted by atomic mass is 10.2. The number of hydrogen-bond acceptors (Lipinski definition) is 4. The van der Waals surface area contributed by atoms with Crippen molar-refractivity contribution in [2.45, 2.75) is 33.5 Å². The molecular formula is C16H19F2N3O3. The van der Waals surface area contributed by atoms with Crippen molar-refractivity contribution in [3.63, 3.8) is 0 Å². The van der Waals surface area contributed by atoms with Gasteiger partial charge >= 0.3 is 6.61 Å². The third kappa shape index (κ3) is 4.43. The molecule has 8 heteroatoms. The minimum atomic E-state index is -2.96. The Balaban J connectivity index is 2.09. The maximum absolute atomic E-state index is 12.4. The lowest BCUT2D eigenvalue weighted by Gasteiger charge is -2.13. The molecule has 0 saturated carbocycles. The van der Waals surface area contributed by atoms with Gasteiger partial charge in [0.25, 0.3) is 5.91 Å². The Morgan fingerprint density at radius 2 is 2.08 bits per heavy atom. The molecule has 1 aromatic carbocycles. The van der Waals surface area contributed by atoms with Crippen molar-refractivity contribution in [1.29, 1.82) is 0 Å². The quantitative estimate of drug-likeness (QED) is 0.803. The van der Waals surface area contributed by atoms with Gasteiger partial charge in [0, 0.05) is 18.3 Å². The number of alkyl halides is 2. The molecule has 1 heterocycles. The highest BCUT2D eigenvalue weighted by atomic mass is 19.3. The minimum absolute atomic E-state index is 0.101. The molecular weight excluding hydrogens is 320 g/mol. The smallest absolute Gasteiger partial charge is 0.387 e. The van der Waals surface area contributed by atoms with Crippen molar-refractivity contribution in [2.75, 3.05) is 6.61 Å². The van der Waals surface area contributed by atoms with Gasteiger partial charge in [-0.25, -0.2) is 0 Å². The molecule has 0 aliphatic carbocycles. The van der Waals surface area contributed by atoms with Crippen molar-refractivity contribution >= 4 is 5.91 Å². The zero-order chi connectivity index (χ0) is 17.5. The van der Waals surface area contributed by atoms with Crippen LogP contribution in [-0.2, 0) is 13.1 Å². The highest BCUT2D eigenvalue weighted by Gasteiger charge is 2.15. The summed E-state index contributed by atoms with van der Waals surface area (Å²) in [4.78, 5) is 12.2. The largest absolute Gasteiger partial charge is 0.490 e. The monoisotopic (exact) mass is 339 g/mol. The molecule has 0 fully saturated rings. The standard InChI is InChI=1S/C16H19F2N3O3/c1-3-21-12(7-8-20-21)10-19-15(22)11-5-6-13(24-16(17)18)14(9-11)23-4-2/h5-9,16H,3-4,10H2,1-2H3,(H,19,22). The Labute approximate surface area is 138 Å². The van der Waals surface area contributed by atoms with Crippen LogP contribution in [0.1, 0.15) is 29.9 Å². The number of hydrogen-bond donors (Lipinski definition) is 1. The van der Waals surface area contributed by atoms with Crippen molar-refractivity contribution in [1.82, 2.24) is 15.1 Å². The molecule has 0 saturated heterocycles. The van der Waals surface area contributed by atoms with Crippen molar-refractivity contribution < 1.29 is 23.0 Å². The van der Waals surface area contributed by atoms with Crippen LogP contribution in [-0.4, -0.2) is 28.9 Å². The van der Waals surface area contributed by atoms with Crippen molar-refractivity contribution in [3.8, 4) is 11.5 Å². The molecule has 6 nitrogen and oxygen atoms in total.